The largest absolute Gasteiger partial charge is 0.486 e. The number of aromatic nitrogens is 1. The number of thiazole rings is 1. The van der Waals surface area contributed by atoms with Crippen LogP contribution in [0.4, 0.5) is 0 Å². The molecular formula is C18H24N2O3S. The highest BCUT2D eigenvalue weighted by Gasteiger charge is 2.12. The maximum absolute atomic E-state index is 11.7. The van der Waals surface area contributed by atoms with Gasteiger partial charge in [-0.3, -0.25) is 4.79 Å². The maximum Gasteiger partial charge on any atom is 0.219 e. The SMILES string of the molecule is COCCN(Cc1csc(COc2ccc(C)c(C)c2)n1)C(C)=O. The molecule has 0 saturated carbocycles. The molecule has 1 aromatic heterocycles. The minimum atomic E-state index is 0.0213. The number of amides is 1. The second kappa shape index (κ2) is 8.80. The van der Waals surface area contributed by atoms with E-state index in [0.29, 0.717) is 26.3 Å². The molecule has 0 spiro atoms. The predicted octanol–water partition coefficient (Wildman–Crippen LogP) is 3.33. The first-order valence-electron chi connectivity index (χ1n) is 7.87. The molecule has 0 aliphatic carbocycles. The average molecular weight is 348 g/mol. The van der Waals surface area contributed by atoms with E-state index >= 15 is 0 Å². The van der Waals surface area contributed by atoms with Crippen LogP contribution in [0.1, 0.15) is 28.8 Å². The van der Waals surface area contributed by atoms with Crippen LogP contribution in [0.2, 0.25) is 0 Å². The lowest BCUT2D eigenvalue weighted by Gasteiger charge is -2.19. The molecule has 0 aliphatic heterocycles. The maximum atomic E-state index is 11.7. The highest BCUT2D eigenvalue weighted by molar-refractivity contribution is 7.09. The van der Waals surface area contributed by atoms with E-state index in [2.05, 4.69) is 24.9 Å². The van der Waals surface area contributed by atoms with Crippen LogP contribution >= 0.6 is 11.3 Å². The van der Waals surface area contributed by atoms with Gasteiger partial charge in [-0.1, -0.05) is 6.07 Å². The van der Waals surface area contributed by atoms with Crippen molar-refractivity contribution < 1.29 is 14.3 Å². The van der Waals surface area contributed by atoms with Gasteiger partial charge in [0, 0.05) is 26.0 Å². The van der Waals surface area contributed by atoms with Gasteiger partial charge in [-0.05, 0) is 37.1 Å². The van der Waals surface area contributed by atoms with Crippen LogP contribution in [0, 0.1) is 13.8 Å². The number of ether oxygens (including phenoxy) is 2. The summed E-state index contributed by atoms with van der Waals surface area (Å²) in [5.41, 5.74) is 3.34. The molecule has 2 rings (SSSR count). The fourth-order valence-corrected chi connectivity index (χ4v) is 2.88. The first-order chi connectivity index (χ1) is 11.5. The van der Waals surface area contributed by atoms with Crippen LogP contribution in [-0.4, -0.2) is 36.1 Å². The van der Waals surface area contributed by atoms with E-state index in [9.17, 15) is 4.79 Å². The van der Waals surface area contributed by atoms with Crippen molar-refractivity contribution in [3.63, 3.8) is 0 Å². The first kappa shape index (κ1) is 18.4. The van der Waals surface area contributed by atoms with Crippen molar-refractivity contribution in [3.8, 4) is 5.75 Å². The zero-order valence-corrected chi connectivity index (χ0v) is 15.5. The van der Waals surface area contributed by atoms with Crippen molar-refractivity contribution in [3.05, 3.63) is 45.4 Å². The van der Waals surface area contributed by atoms with Gasteiger partial charge in [0.2, 0.25) is 5.91 Å². The lowest BCUT2D eigenvalue weighted by Crippen LogP contribution is -2.31. The van der Waals surface area contributed by atoms with Gasteiger partial charge in [0.15, 0.2) is 0 Å². The number of hydrogen-bond acceptors (Lipinski definition) is 5. The molecule has 0 atom stereocenters. The number of carbonyl (C=O) groups is 1. The zero-order valence-electron chi connectivity index (χ0n) is 14.7. The molecule has 5 nitrogen and oxygen atoms in total. The Morgan fingerprint density at radius 1 is 1.29 bits per heavy atom. The molecule has 0 saturated heterocycles. The Kier molecular flexibility index (Phi) is 6.75. The third kappa shape index (κ3) is 5.32. The predicted molar refractivity (Wildman–Crippen MR) is 95.3 cm³/mol. The summed E-state index contributed by atoms with van der Waals surface area (Å²) in [6.45, 7) is 7.73. The molecule has 0 N–H and O–H groups in total. The van der Waals surface area contributed by atoms with Crippen LogP contribution < -0.4 is 4.74 Å². The van der Waals surface area contributed by atoms with Crippen molar-refractivity contribution in [2.75, 3.05) is 20.3 Å². The van der Waals surface area contributed by atoms with E-state index in [0.717, 1.165) is 16.5 Å². The fourth-order valence-electron chi connectivity index (χ4n) is 2.18. The highest BCUT2D eigenvalue weighted by atomic mass is 32.1. The van der Waals surface area contributed by atoms with Crippen molar-refractivity contribution in [1.29, 1.82) is 0 Å². The molecule has 24 heavy (non-hydrogen) atoms. The molecule has 1 heterocycles. The summed E-state index contributed by atoms with van der Waals surface area (Å²) in [6, 6.07) is 6.06. The number of rotatable bonds is 8. The quantitative estimate of drug-likeness (QED) is 0.734. The van der Waals surface area contributed by atoms with Crippen LogP contribution in [0.3, 0.4) is 0 Å². The molecule has 130 valence electrons. The van der Waals surface area contributed by atoms with Gasteiger partial charge in [0.05, 0.1) is 18.8 Å². The highest BCUT2D eigenvalue weighted by Crippen LogP contribution is 2.19. The van der Waals surface area contributed by atoms with Crippen LogP contribution in [0.25, 0.3) is 0 Å². The molecule has 0 unspecified atom stereocenters. The Morgan fingerprint density at radius 2 is 2.08 bits per heavy atom. The number of benzene rings is 1. The molecule has 0 aliphatic rings. The number of aryl methyl sites for hydroxylation is 2. The number of nitrogens with zero attached hydrogens (tertiary/aromatic N) is 2. The third-order valence-electron chi connectivity index (χ3n) is 3.80. The molecule has 0 fully saturated rings. The number of hydrogen-bond donors (Lipinski definition) is 0. The van der Waals surface area contributed by atoms with E-state index in [1.165, 1.54) is 11.1 Å². The molecule has 0 bridgehead atoms. The van der Waals surface area contributed by atoms with Gasteiger partial charge < -0.3 is 14.4 Å². The number of carbonyl (C=O) groups excluding carboxylic acids is 1. The topological polar surface area (TPSA) is 51.7 Å². The van der Waals surface area contributed by atoms with E-state index in [4.69, 9.17) is 9.47 Å². The average Bonchev–Trinajstić information content (AvgIpc) is 3.00. The summed E-state index contributed by atoms with van der Waals surface area (Å²) in [5, 5.41) is 2.88. The van der Waals surface area contributed by atoms with Gasteiger partial charge in [-0.15, -0.1) is 11.3 Å². The summed E-state index contributed by atoms with van der Waals surface area (Å²) < 4.78 is 10.8. The Hall–Kier alpha value is -1.92. The molecule has 0 radical (unpaired) electrons. The van der Waals surface area contributed by atoms with Gasteiger partial charge >= 0.3 is 0 Å². The van der Waals surface area contributed by atoms with Crippen molar-refractivity contribution in [2.45, 2.75) is 33.9 Å². The minimum Gasteiger partial charge on any atom is -0.486 e. The van der Waals surface area contributed by atoms with Crippen molar-refractivity contribution in [2.24, 2.45) is 0 Å². The smallest absolute Gasteiger partial charge is 0.219 e. The molecule has 6 heteroatoms. The lowest BCUT2D eigenvalue weighted by molar-refractivity contribution is -0.130. The Morgan fingerprint density at radius 3 is 2.75 bits per heavy atom. The Bertz CT molecular complexity index is 685. The molecular weight excluding hydrogens is 324 g/mol. The summed E-state index contributed by atoms with van der Waals surface area (Å²) in [6.07, 6.45) is 0. The van der Waals surface area contributed by atoms with Crippen LogP contribution in [0.5, 0.6) is 5.75 Å². The van der Waals surface area contributed by atoms with E-state index in [-0.39, 0.29) is 5.91 Å². The second-order valence-corrected chi connectivity index (χ2v) is 6.64. The zero-order chi connectivity index (χ0) is 17.5. The van der Waals surface area contributed by atoms with Gasteiger partial charge in [-0.25, -0.2) is 4.98 Å². The van der Waals surface area contributed by atoms with Crippen LogP contribution in [0.15, 0.2) is 23.6 Å². The lowest BCUT2D eigenvalue weighted by atomic mass is 10.1. The van der Waals surface area contributed by atoms with Gasteiger partial charge in [-0.2, -0.15) is 0 Å². The Balaban J connectivity index is 1.92. The third-order valence-corrected chi connectivity index (χ3v) is 4.67. The normalized spacial score (nSPS) is 10.7. The summed E-state index contributed by atoms with van der Waals surface area (Å²) in [5.74, 6) is 0.869. The Labute approximate surface area is 147 Å². The molecule has 2 aromatic rings. The van der Waals surface area contributed by atoms with Crippen molar-refractivity contribution >= 4 is 17.2 Å². The molecule has 1 aromatic carbocycles. The fraction of sp³-hybridized carbons (Fsp3) is 0.444. The number of methoxy groups -OCH3 is 1. The first-order valence-corrected chi connectivity index (χ1v) is 8.75. The van der Waals surface area contributed by atoms with Gasteiger partial charge in [0.1, 0.15) is 17.4 Å². The van der Waals surface area contributed by atoms with E-state index < -0.39 is 0 Å². The second-order valence-electron chi connectivity index (χ2n) is 5.70. The van der Waals surface area contributed by atoms with Gasteiger partial charge in [0.25, 0.3) is 0 Å². The van der Waals surface area contributed by atoms with Crippen LogP contribution in [-0.2, 0) is 22.7 Å². The summed E-state index contributed by atoms with van der Waals surface area (Å²) >= 11 is 1.55. The van der Waals surface area contributed by atoms with Crippen molar-refractivity contribution in [1.82, 2.24) is 9.88 Å². The standard InChI is InChI=1S/C18H24N2O3S/c1-13-5-6-17(9-14(13)2)23-11-18-19-16(12-24-18)10-20(15(3)21)7-8-22-4/h5-6,9,12H,7-8,10-11H2,1-4H3. The van der Waals surface area contributed by atoms with E-state index in [1.54, 1.807) is 30.3 Å². The molecule has 1 amide bonds. The van der Waals surface area contributed by atoms with E-state index in [1.807, 2.05) is 17.5 Å². The summed E-state index contributed by atoms with van der Waals surface area (Å²) in [7, 11) is 1.63. The summed E-state index contributed by atoms with van der Waals surface area (Å²) in [4.78, 5) is 17.9. The minimum absolute atomic E-state index is 0.0213. The monoisotopic (exact) mass is 348 g/mol.